The minimum atomic E-state index is -0.828. The number of imidazole rings is 1. The summed E-state index contributed by atoms with van der Waals surface area (Å²) in [5, 5.41) is 13.6. The first kappa shape index (κ1) is 38.3. The summed E-state index contributed by atoms with van der Waals surface area (Å²) in [7, 11) is 3.43. The summed E-state index contributed by atoms with van der Waals surface area (Å²) < 4.78 is 18.6. The maximum absolute atomic E-state index is 15.7. The van der Waals surface area contributed by atoms with Gasteiger partial charge in [-0.1, -0.05) is 11.8 Å². The average Bonchev–Trinajstić information content (AvgIpc) is 3.67. The summed E-state index contributed by atoms with van der Waals surface area (Å²) in [6.45, 7) is 5.48. The number of nitrogens with zero attached hydrogens (tertiary/aromatic N) is 10. The number of aryl methyl sites for hydroxylation is 1. The van der Waals surface area contributed by atoms with Crippen LogP contribution in [0.1, 0.15) is 47.8 Å². The second kappa shape index (κ2) is 15.8. The topological polar surface area (TPSA) is 200 Å². The van der Waals surface area contributed by atoms with Crippen LogP contribution in [0.3, 0.4) is 0 Å². The predicted octanol–water partition coefficient (Wildman–Crippen LogP) is 0.994. The van der Waals surface area contributed by atoms with Gasteiger partial charge in [0.15, 0.2) is 11.5 Å². The Morgan fingerprint density at radius 1 is 0.948 bits per heavy atom. The van der Waals surface area contributed by atoms with E-state index in [2.05, 4.69) is 42.6 Å². The number of amides is 5. The Labute approximate surface area is 332 Å². The van der Waals surface area contributed by atoms with Gasteiger partial charge in [-0.25, -0.2) is 14.0 Å². The number of imide groups is 1. The van der Waals surface area contributed by atoms with Crippen LogP contribution in [-0.4, -0.2) is 135 Å². The summed E-state index contributed by atoms with van der Waals surface area (Å²) in [6.07, 6.45) is 2.12. The van der Waals surface area contributed by atoms with Gasteiger partial charge in [0.25, 0.3) is 5.91 Å². The van der Waals surface area contributed by atoms with E-state index in [-0.39, 0.29) is 54.0 Å². The number of hydrogen-bond donors (Lipinski definition) is 3. The number of hydrogen-bond acceptors (Lipinski definition) is 12. The molecule has 18 nitrogen and oxygen atoms in total. The number of nitrogens with two attached hydrogens (primary N) is 1. The van der Waals surface area contributed by atoms with Crippen molar-refractivity contribution in [2.45, 2.75) is 37.8 Å². The van der Waals surface area contributed by atoms with Gasteiger partial charge in [-0.3, -0.25) is 33.7 Å². The standard InChI is InChI=1S/C39H44FN13O5/c1-47-15-20-52(38(47)57)26-6-4-14-51(23-26)37-44-35(33(34(41)55)45-46-37)42-25-8-10-28(27(40)22-25)50-18-16-49(17-19-50)13-3-5-24-7-9-29-31(21-24)48(2)39(58)53(29)30-11-12-32(54)43-36(30)56/h7-10,21-22,26,30H,4,6,11-20,23H2,1-2H3,(H2,41,55)(H,42,44,46)(H,43,54,56)/t26-,30?/m1/s1. The smallest absolute Gasteiger partial charge is 0.329 e. The van der Waals surface area contributed by atoms with Crippen molar-refractivity contribution in [1.82, 2.24) is 44.3 Å². The van der Waals surface area contributed by atoms with Crippen LogP contribution in [0.5, 0.6) is 0 Å². The highest BCUT2D eigenvalue weighted by Gasteiger charge is 2.35. The first-order valence-corrected chi connectivity index (χ1v) is 19.3. The van der Waals surface area contributed by atoms with Gasteiger partial charge >= 0.3 is 11.7 Å². The summed E-state index contributed by atoms with van der Waals surface area (Å²) in [5.41, 5.74) is 7.86. The maximum Gasteiger partial charge on any atom is 0.329 e. The van der Waals surface area contributed by atoms with Crippen molar-refractivity contribution in [3.05, 3.63) is 64.0 Å². The number of benzene rings is 2. The minimum absolute atomic E-state index is 0.0000514. The molecule has 0 radical (unpaired) electrons. The number of carbonyl (C=O) groups is 4. The number of likely N-dealkylation sites (N-methyl/N-ethyl adjacent to an activating group) is 1. The molecular weight excluding hydrogens is 750 g/mol. The third kappa shape index (κ3) is 7.49. The molecular formula is C39H44FN13O5. The molecule has 0 bridgehead atoms. The number of piperidine rings is 2. The molecule has 2 aromatic carbocycles. The quantitative estimate of drug-likeness (QED) is 0.169. The van der Waals surface area contributed by atoms with E-state index in [1.54, 1.807) is 37.2 Å². The van der Waals surface area contributed by atoms with E-state index in [1.165, 1.54) is 15.2 Å². The van der Waals surface area contributed by atoms with Crippen LogP contribution >= 0.6 is 0 Å². The van der Waals surface area contributed by atoms with Gasteiger partial charge in [0.2, 0.25) is 17.8 Å². The SMILES string of the molecule is CN1CCN([C@@H]2CCCN(c3nnc(C(N)=O)c(Nc4ccc(N5CCN(CC#Cc6ccc7c(c6)n(C)c(=O)n7C6CCC(=O)NC6=O)CC5)c(F)c4)n3)C2)C1=O. The molecule has 4 saturated heterocycles. The predicted molar refractivity (Wildman–Crippen MR) is 212 cm³/mol. The third-order valence-corrected chi connectivity index (χ3v) is 11.3. The van der Waals surface area contributed by atoms with Crippen molar-refractivity contribution >= 4 is 57.9 Å². The molecule has 58 heavy (non-hydrogen) atoms. The molecule has 4 aromatic rings. The number of urea groups is 1. The Balaban J connectivity index is 0.885. The molecule has 4 aliphatic rings. The number of fused-ring (bicyclic) bond motifs is 1. The molecule has 302 valence electrons. The van der Waals surface area contributed by atoms with E-state index in [0.717, 1.165) is 18.4 Å². The molecule has 4 aliphatic heterocycles. The zero-order valence-corrected chi connectivity index (χ0v) is 32.3. The van der Waals surface area contributed by atoms with Gasteiger partial charge in [0, 0.05) is 84.1 Å². The van der Waals surface area contributed by atoms with Crippen molar-refractivity contribution in [3.8, 4) is 11.8 Å². The number of primary amides is 1. The average molecular weight is 794 g/mol. The highest BCUT2D eigenvalue weighted by Crippen LogP contribution is 2.29. The number of anilines is 4. The largest absolute Gasteiger partial charge is 0.367 e. The molecule has 19 heteroatoms. The van der Waals surface area contributed by atoms with Crippen molar-refractivity contribution in [1.29, 1.82) is 0 Å². The van der Waals surface area contributed by atoms with Gasteiger partial charge in [-0.05, 0) is 55.7 Å². The van der Waals surface area contributed by atoms with E-state index in [1.807, 2.05) is 26.8 Å². The van der Waals surface area contributed by atoms with E-state index in [0.29, 0.717) is 81.3 Å². The fraction of sp³-hybridized carbons (Fsp3) is 0.436. The summed E-state index contributed by atoms with van der Waals surface area (Å²) >= 11 is 0. The number of nitrogens with one attached hydrogen (secondary N) is 2. The summed E-state index contributed by atoms with van der Waals surface area (Å²) in [4.78, 5) is 76.4. The zero-order chi connectivity index (χ0) is 40.7. The second-order valence-electron chi connectivity index (χ2n) is 15.1. The maximum atomic E-state index is 15.7. The van der Waals surface area contributed by atoms with Gasteiger partial charge in [0.1, 0.15) is 11.9 Å². The molecule has 0 saturated carbocycles. The Morgan fingerprint density at radius 2 is 1.76 bits per heavy atom. The fourth-order valence-electron chi connectivity index (χ4n) is 8.15. The lowest BCUT2D eigenvalue weighted by molar-refractivity contribution is -0.135. The molecule has 2 atom stereocenters. The van der Waals surface area contributed by atoms with Gasteiger partial charge in [0.05, 0.1) is 29.3 Å². The third-order valence-electron chi connectivity index (χ3n) is 11.3. The van der Waals surface area contributed by atoms with Crippen LogP contribution in [0, 0.1) is 17.7 Å². The normalized spacial score (nSPS) is 20.4. The van der Waals surface area contributed by atoms with Gasteiger partial charge < -0.3 is 30.7 Å². The molecule has 1 unspecified atom stereocenters. The Morgan fingerprint density at radius 3 is 2.48 bits per heavy atom. The molecule has 4 fully saturated rings. The first-order valence-electron chi connectivity index (χ1n) is 19.3. The number of piperazine rings is 1. The molecule has 0 spiro atoms. The van der Waals surface area contributed by atoms with Crippen molar-refractivity contribution < 1.29 is 23.6 Å². The van der Waals surface area contributed by atoms with Crippen molar-refractivity contribution in [2.24, 2.45) is 12.8 Å². The van der Waals surface area contributed by atoms with Crippen LogP contribution < -0.4 is 31.9 Å². The minimum Gasteiger partial charge on any atom is -0.367 e. The summed E-state index contributed by atoms with van der Waals surface area (Å²) in [5.74, 6) is 4.65. The Kier molecular flexibility index (Phi) is 10.4. The van der Waals surface area contributed by atoms with E-state index in [4.69, 9.17) is 5.73 Å². The van der Waals surface area contributed by atoms with Crippen LogP contribution in [0.25, 0.3) is 11.0 Å². The Bertz CT molecular complexity index is 2430. The fourth-order valence-corrected chi connectivity index (χ4v) is 8.15. The summed E-state index contributed by atoms with van der Waals surface area (Å²) in [6, 6.07) is 9.39. The van der Waals surface area contributed by atoms with E-state index in [9.17, 15) is 24.0 Å². The number of halogens is 1. The first-order chi connectivity index (χ1) is 27.9. The van der Waals surface area contributed by atoms with E-state index < -0.39 is 23.7 Å². The van der Waals surface area contributed by atoms with Gasteiger partial charge in [-0.2, -0.15) is 4.98 Å². The monoisotopic (exact) mass is 793 g/mol. The zero-order valence-electron chi connectivity index (χ0n) is 32.3. The molecule has 4 N–H and O–H groups in total. The van der Waals surface area contributed by atoms with Crippen LogP contribution in [0.4, 0.5) is 32.3 Å². The molecule has 2 aromatic heterocycles. The van der Waals surface area contributed by atoms with Crippen LogP contribution in [-0.2, 0) is 16.6 Å². The number of carbonyl (C=O) groups excluding carboxylic acids is 4. The number of rotatable bonds is 8. The number of aromatic nitrogens is 5. The lowest BCUT2D eigenvalue weighted by atomic mass is 10.0. The van der Waals surface area contributed by atoms with Crippen LogP contribution in [0.15, 0.2) is 41.2 Å². The Hall–Kier alpha value is -6.55. The lowest BCUT2D eigenvalue weighted by Gasteiger charge is -2.37. The van der Waals surface area contributed by atoms with Gasteiger partial charge in [-0.15, -0.1) is 10.2 Å². The highest BCUT2D eigenvalue weighted by atomic mass is 19.1. The molecule has 5 amide bonds. The highest BCUT2D eigenvalue weighted by molar-refractivity contribution is 6.00. The molecule has 6 heterocycles. The van der Waals surface area contributed by atoms with E-state index >= 15 is 4.39 Å². The second-order valence-corrected chi connectivity index (χ2v) is 15.1. The van der Waals surface area contributed by atoms with Crippen LogP contribution in [0.2, 0.25) is 0 Å². The lowest BCUT2D eigenvalue weighted by Crippen LogP contribution is -2.49. The molecule has 8 rings (SSSR count). The van der Waals surface area contributed by atoms with Crippen molar-refractivity contribution in [3.63, 3.8) is 0 Å². The molecule has 0 aliphatic carbocycles. The van der Waals surface area contributed by atoms with Crippen molar-refractivity contribution in [2.75, 3.05) is 81.1 Å².